The Bertz CT molecular complexity index is 1180. The zero-order valence-electron chi connectivity index (χ0n) is 17.2. The molecule has 1 aromatic heterocycles. The first kappa shape index (κ1) is 22.1. The number of methoxy groups -OCH3 is 1. The second kappa shape index (κ2) is 8.81. The number of nitriles is 1. The summed E-state index contributed by atoms with van der Waals surface area (Å²) >= 11 is 7.53. The number of aromatic nitrogens is 1. The number of fused-ring (bicyclic) bond motifs is 1. The summed E-state index contributed by atoms with van der Waals surface area (Å²) in [6, 6.07) is 5.31. The van der Waals surface area contributed by atoms with Crippen molar-refractivity contribution in [3.8, 4) is 11.8 Å². The van der Waals surface area contributed by atoms with E-state index in [2.05, 4.69) is 4.98 Å². The van der Waals surface area contributed by atoms with Crippen LogP contribution >= 0.6 is 23.4 Å². The minimum absolute atomic E-state index is 0.0250. The van der Waals surface area contributed by atoms with Crippen molar-refractivity contribution in [1.82, 2.24) is 9.88 Å². The highest BCUT2D eigenvalue weighted by Crippen LogP contribution is 2.47. The van der Waals surface area contributed by atoms with Crippen LogP contribution in [0.5, 0.6) is 5.75 Å². The van der Waals surface area contributed by atoms with Crippen molar-refractivity contribution < 1.29 is 18.7 Å². The average Bonchev–Trinajstić information content (AvgIpc) is 3.19. The van der Waals surface area contributed by atoms with Gasteiger partial charge in [-0.15, -0.1) is 11.8 Å². The van der Waals surface area contributed by atoms with Crippen molar-refractivity contribution in [2.75, 3.05) is 18.6 Å². The lowest BCUT2D eigenvalue weighted by atomic mass is 10.0. The number of aryl methyl sites for hydroxylation is 1. The number of carbonyl (C=O) groups is 2. The van der Waals surface area contributed by atoms with Gasteiger partial charge in [0.2, 0.25) is 0 Å². The fourth-order valence-electron chi connectivity index (χ4n) is 3.76. The summed E-state index contributed by atoms with van der Waals surface area (Å²) in [6.07, 6.45) is 4.97. The second-order valence-corrected chi connectivity index (χ2v) is 8.90. The highest BCUT2D eigenvalue weighted by molar-refractivity contribution is 8.09. The summed E-state index contributed by atoms with van der Waals surface area (Å²) in [6.45, 7) is 1.98. The van der Waals surface area contributed by atoms with Crippen LogP contribution in [0.1, 0.15) is 17.5 Å². The van der Waals surface area contributed by atoms with Gasteiger partial charge < -0.3 is 9.64 Å². The third kappa shape index (κ3) is 3.80. The van der Waals surface area contributed by atoms with E-state index in [1.165, 1.54) is 36.0 Å². The maximum Gasteiger partial charge on any atom is 0.332 e. The van der Waals surface area contributed by atoms with Gasteiger partial charge in [0.05, 0.1) is 42.5 Å². The topological polar surface area (TPSA) is 86.5 Å². The largest absolute Gasteiger partial charge is 0.494 e. The molecule has 2 atom stereocenters. The van der Waals surface area contributed by atoms with E-state index in [0.717, 1.165) is 16.5 Å². The minimum atomic E-state index is -0.644. The number of hydrogen-bond acceptors (Lipinski definition) is 6. The number of pyridine rings is 1. The van der Waals surface area contributed by atoms with Gasteiger partial charge in [-0.25, -0.2) is 14.1 Å². The van der Waals surface area contributed by atoms with Gasteiger partial charge in [-0.1, -0.05) is 11.6 Å². The monoisotopic (exact) mass is 472 g/mol. The Balaban J connectivity index is 1.75. The number of urea groups is 1. The number of hydrogen-bond donors (Lipinski definition) is 0. The van der Waals surface area contributed by atoms with Gasteiger partial charge >= 0.3 is 6.03 Å². The third-order valence-electron chi connectivity index (χ3n) is 5.24. The number of halogens is 2. The number of benzene rings is 1. The van der Waals surface area contributed by atoms with E-state index in [1.807, 2.05) is 13.0 Å². The molecule has 0 N–H and O–H groups in total. The van der Waals surface area contributed by atoms with Gasteiger partial charge in [0, 0.05) is 23.2 Å². The van der Waals surface area contributed by atoms with Crippen LogP contribution in [0.15, 0.2) is 36.7 Å². The third-order valence-corrected chi connectivity index (χ3v) is 6.89. The highest BCUT2D eigenvalue weighted by Gasteiger charge is 2.49. The molecule has 1 fully saturated rings. The summed E-state index contributed by atoms with van der Waals surface area (Å²) in [5.74, 6) is -0.957. The maximum absolute atomic E-state index is 14.0. The van der Waals surface area contributed by atoms with E-state index >= 15 is 0 Å². The molecule has 2 unspecified atom stereocenters. The molecule has 10 heteroatoms. The molecule has 2 aliphatic rings. The van der Waals surface area contributed by atoms with Crippen LogP contribution < -0.4 is 9.64 Å². The molecule has 0 bridgehead atoms. The molecule has 2 aliphatic heterocycles. The Morgan fingerprint density at radius 3 is 2.78 bits per heavy atom. The fourth-order valence-corrected chi connectivity index (χ4v) is 5.42. The molecule has 1 aromatic carbocycles. The van der Waals surface area contributed by atoms with Gasteiger partial charge in [0.1, 0.15) is 5.25 Å². The number of rotatable bonds is 5. The van der Waals surface area contributed by atoms with E-state index in [0.29, 0.717) is 16.2 Å². The Hall–Kier alpha value is -3.09. The molecule has 1 saturated heterocycles. The summed E-state index contributed by atoms with van der Waals surface area (Å²) in [5.41, 5.74) is 1.68. The van der Waals surface area contributed by atoms with Crippen molar-refractivity contribution in [2.45, 2.75) is 24.6 Å². The lowest BCUT2D eigenvalue weighted by molar-refractivity contribution is -0.119. The van der Waals surface area contributed by atoms with Crippen LogP contribution in [0, 0.1) is 24.1 Å². The molecular formula is C22H18ClFN4O3S. The smallest absolute Gasteiger partial charge is 0.332 e. The van der Waals surface area contributed by atoms with E-state index in [9.17, 15) is 14.0 Å². The molecule has 0 saturated carbocycles. The molecule has 7 nitrogen and oxygen atoms in total. The first-order chi connectivity index (χ1) is 15.3. The molecule has 32 heavy (non-hydrogen) atoms. The molecule has 3 heterocycles. The normalized spacial score (nSPS) is 20.2. The van der Waals surface area contributed by atoms with Crippen molar-refractivity contribution in [2.24, 2.45) is 0 Å². The molecular weight excluding hydrogens is 455 g/mol. The number of nitrogens with zero attached hydrogens (tertiary/aromatic N) is 4. The number of imide groups is 1. The zero-order chi connectivity index (χ0) is 23.0. The number of amides is 3. The predicted octanol–water partition coefficient (Wildman–Crippen LogP) is 4.40. The van der Waals surface area contributed by atoms with E-state index < -0.39 is 23.1 Å². The van der Waals surface area contributed by atoms with Gasteiger partial charge in [-0.2, -0.15) is 5.26 Å². The number of carbonyl (C=O) groups excluding carboxylic acids is 2. The second-order valence-electron chi connectivity index (χ2n) is 7.30. The fraction of sp³-hybridized carbons (Fsp3) is 0.273. The van der Waals surface area contributed by atoms with Gasteiger partial charge in [0.25, 0.3) is 5.91 Å². The molecule has 164 valence electrons. The van der Waals surface area contributed by atoms with Crippen LogP contribution in [-0.2, 0) is 4.79 Å². The Labute approximate surface area is 193 Å². The molecule has 2 aromatic rings. The van der Waals surface area contributed by atoms with E-state index in [1.54, 1.807) is 18.3 Å². The Kier molecular flexibility index (Phi) is 6.09. The van der Waals surface area contributed by atoms with Crippen molar-refractivity contribution in [3.63, 3.8) is 0 Å². The quantitative estimate of drug-likeness (QED) is 0.641. The number of anilines is 1. The van der Waals surface area contributed by atoms with E-state index in [-0.39, 0.29) is 29.6 Å². The van der Waals surface area contributed by atoms with Crippen molar-refractivity contribution in [1.29, 1.82) is 5.26 Å². The van der Waals surface area contributed by atoms with Crippen LogP contribution in [0.4, 0.5) is 14.9 Å². The van der Waals surface area contributed by atoms with Gasteiger partial charge in [0.15, 0.2) is 11.6 Å². The first-order valence-corrected chi connectivity index (χ1v) is 11.0. The average molecular weight is 473 g/mol. The van der Waals surface area contributed by atoms with Crippen LogP contribution in [0.25, 0.3) is 4.91 Å². The Morgan fingerprint density at radius 1 is 1.31 bits per heavy atom. The molecule has 0 spiro atoms. The number of ether oxygens (including phenoxy) is 1. The van der Waals surface area contributed by atoms with Gasteiger partial charge in [-0.3, -0.25) is 9.78 Å². The van der Waals surface area contributed by atoms with Crippen LogP contribution in [-0.4, -0.2) is 46.8 Å². The SMILES string of the molecule is COc1cc(C2=CC3C(S2)C(=O)N(c2cncc(C)c2)C(=O)N3CCC#N)c(Cl)cc1F. The molecule has 3 amide bonds. The van der Waals surface area contributed by atoms with Crippen molar-refractivity contribution >= 4 is 45.9 Å². The standard InChI is InChI=1S/C22H18ClFN4O3S/c1-12-6-13(11-26-10-12)28-21(29)20-17(27(22(28)30)5-3-4-25)9-19(32-20)14-7-18(31-2)16(24)8-15(14)23/h6-11,17,20H,3,5H2,1-2H3. The summed E-state index contributed by atoms with van der Waals surface area (Å²) in [5, 5.41) is 8.60. The highest BCUT2D eigenvalue weighted by atomic mass is 35.5. The minimum Gasteiger partial charge on any atom is -0.494 e. The number of thioether (sulfide) groups is 1. The lowest BCUT2D eigenvalue weighted by Crippen LogP contribution is -2.62. The maximum atomic E-state index is 14.0. The Morgan fingerprint density at radius 2 is 2.09 bits per heavy atom. The zero-order valence-corrected chi connectivity index (χ0v) is 18.8. The first-order valence-electron chi connectivity index (χ1n) is 9.70. The van der Waals surface area contributed by atoms with E-state index in [4.69, 9.17) is 21.6 Å². The summed E-state index contributed by atoms with van der Waals surface area (Å²) in [7, 11) is 1.35. The van der Waals surface area contributed by atoms with Gasteiger partial charge in [-0.05, 0) is 36.8 Å². The molecule has 0 radical (unpaired) electrons. The molecule has 0 aliphatic carbocycles. The van der Waals surface area contributed by atoms with Crippen molar-refractivity contribution in [3.05, 3.63) is 58.6 Å². The molecule has 4 rings (SSSR count). The van der Waals surface area contributed by atoms with Crippen LogP contribution in [0.2, 0.25) is 5.02 Å². The summed E-state index contributed by atoms with van der Waals surface area (Å²) in [4.78, 5) is 34.1. The summed E-state index contributed by atoms with van der Waals surface area (Å²) < 4.78 is 19.1. The predicted molar refractivity (Wildman–Crippen MR) is 120 cm³/mol. The lowest BCUT2D eigenvalue weighted by Gasteiger charge is -2.40. The van der Waals surface area contributed by atoms with Crippen LogP contribution in [0.3, 0.4) is 0 Å².